The highest BCUT2D eigenvalue weighted by molar-refractivity contribution is 7.90. The number of rotatable bonds is 9. The molecule has 4 heterocycles. The maximum absolute atomic E-state index is 14.6. The molecular formula is C29H39FN6O4S. The quantitative estimate of drug-likeness (QED) is 0.384. The van der Waals surface area contributed by atoms with Crippen LogP contribution in [-0.2, 0) is 14.6 Å². The van der Waals surface area contributed by atoms with Crippen LogP contribution < -0.4 is 15.1 Å². The summed E-state index contributed by atoms with van der Waals surface area (Å²) < 4.78 is 43.5. The third-order valence-electron chi connectivity index (χ3n) is 8.15. The molecule has 0 radical (unpaired) electrons. The predicted octanol–water partition coefficient (Wildman–Crippen LogP) is 3.69. The summed E-state index contributed by atoms with van der Waals surface area (Å²) in [6.07, 6.45) is 2.39. The van der Waals surface area contributed by atoms with Gasteiger partial charge in [-0.15, -0.1) is 0 Å². The van der Waals surface area contributed by atoms with Gasteiger partial charge in [-0.25, -0.2) is 22.8 Å². The SMILES string of the molecule is CC[C@@H]1[C@@H](CS(C)(=O)=O)CN1c1ccc(C(C)C)c2cc(Nc3ccnc(N4C[C@@H](F)[C@@H](OC)[C@@H](O)C4)n3)ncc12. The molecule has 41 heavy (non-hydrogen) atoms. The van der Waals surface area contributed by atoms with Crippen molar-refractivity contribution >= 4 is 43.9 Å². The van der Waals surface area contributed by atoms with Crippen molar-refractivity contribution in [1.29, 1.82) is 0 Å². The molecule has 5 rings (SSSR count). The molecule has 2 N–H and O–H groups in total. The van der Waals surface area contributed by atoms with Crippen LogP contribution in [0.3, 0.4) is 0 Å². The number of halogens is 1. The molecule has 0 bridgehead atoms. The van der Waals surface area contributed by atoms with Crippen LogP contribution in [0.4, 0.5) is 27.7 Å². The van der Waals surface area contributed by atoms with Gasteiger partial charge >= 0.3 is 0 Å². The smallest absolute Gasteiger partial charge is 0.227 e. The molecule has 2 aromatic heterocycles. The second-order valence-electron chi connectivity index (χ2n) is 11.5. The third kappa shape index (κ3) is 6.09. The number of hydrogen-bond acceptors (Lipinski definition) is 10. The first-order valence-electron chi connectivity index (χ1n) is 14.1. The minimum atomic E-state index is -3.05. The number of aromatic nitrogens is 3. The highest BCUT2D eigenvalue weighted by atomic mass is 32.2. The molecule has 2 aliphatic heterocycles. The van der Waals surface area contributed by atoms with Gasteiger partial charge < -0.3 is 25.0 Å². The lowest BCUT2D eigenvalue weighted by Gasteiger charge is -2.50. The summed E-state index contributed by atoms with van der Waals surface area (Å²) in [4.78, 5) is 17.5. The number of ether oxygens (including phenoxy) is 1. The van der Waals surface area contributed by atoms with E-state index in [0.717, 1.165) is 22.9 Å². The summed E-state index contributed by atoms with van der Waals surface area (Å²) in [6.45, 7) is 7.28. The number of aliphatic hydroxyl groups is 1. The molecule has 2 aliphatic rings. The lowest BCUT2D eigenvalue weighted by atomic mass is 9.86. The van der Waals surface area contributed by atoms with Crippen LogP contribution in [0.5, 0.6) is 0 Å². The van der Waals surface area contributed by atoms with Crippen molar-refractivity contribution in [3.05, 3.63) is 42.2 Å². The molecule has 10 nitrogen and oxygen atoms in total. The number of nitrogens with one attached hydrogen (secondary N) is 1. The molecule has 1 aromatic carbocycles. The molecule has 2 fully saturated rings. The number of fused-ring (bicyclic) bond motifs is 1. The van der Waals surface area contributed by atoms with Crippen molar-refractivity contribution in [3.8, 4) is 0 Å². The van der Waals surface area contributed by atoms with Gasteiger partial charge in [-0.05, 0) is 41.5 Å². The normalized spacial score (nSPS) is 25.0. The van der Waals surface area contributed by atoms with E-state index in [1.807, 2.05) is 12.3 Å². The Labute approximate surface area is 240 Å². The Morgan fingerprint density at radius 1 is 1.15 bits per heavy atom. The number of sulfone groups is 1. The number of nitrogens with zero attached hydrogens (tertiary/aromatic N) is 5. The van der Waals surface area contributed by atoms with Gasteiger partial charge in [0, 0.05) is 61.9 Å². The molecule has 0 spiro atoms. The van der Waals surface area contributed by atoms with Crippen molar-refractivity contribution in [3.63, 3.8) is 0 Å². The van der Waals surface area contributed by atoms with Crippen molar-refractivity contribution in [2.75, 3.05) is 53.9 Å². The Kier molecular flexibility index (Phi) is 8.36. The average molecular weight is 587 g/mol. The van der Waals surface area contributed by atoms with Crippen molar-refractivity contribution in [2.45, 2.75) is 57.5 Å². The summed E-state index contributed by atoms with van der Waals surface area (Å²) in [5, 5.41) is 15.7. The minimum absolute atomic E-state index is 0.0219. The molecule has 0 unspecified atom stereocenters. The number of methoxy groups -OCH3 is 1. The molecule has 0 amide bonds. The summed E-state index contributed by atoms with van der Waals surface area (Å²) in [7, 11) is -1.65. The van der Waals surface area contributed by atoms with Crippen LogP contribution in [0.2, 0.25) is 0 Å². The number of hydrogen-bond donors (Lipinski definition) is 2. The first-order valence-corrected chi connectivity index (χ1v) is 16.1. The van der Waals surface area contributed by atoms with Crippen LogP contribution in [-0.4, -0.2) is 91.7 Å². The largest absolute Gasteiger partial charge is 0.388 e. The summed E-state index contributed by atoms with van der Waals surface area (Å²) in [5.41, 5.74) is 2.24. The van der Waals surface area contributed by atoms with Gasteiger partial charge in [0.2, 0.25) is 5.95 Å². The summed E-state index contributed by atoms with van der Waals surface area (Å²) >= 11 is 0. The van der Waals surface area contributed by atoms with Crippen molar-refractivity contribution < 1.29 is 22.7 Å². The number of piperidine rings is 1. The topological polar surface area (TPSA) is 121 Å². The van der Waals surface area contributed by atoms with E-state index in [1.165, 1.54) is 18.9 Å². The zero-order valence-corrected chi connectivity index (χ0v) is 25.0. The Bertz CT molecular complexity index is 1490. The maximum Gasteiger partial charge on any atom is 0.227 e. The van der Waals surface area contributed by atoms with E-state index < -0.39 is 28.2 Å². The third-order valence-corrected chi connectivity index (χ3v) is 9.18. The lowest BCUT2D eigenvalue weighted by Crippen LogP contribution is -2.58. The Hall–Kier alpha value is -3.09. The van der Waals surface area contributed by atoms with Crippen LogP contribution >= 0.6 is 0 Å². The zero-order chi connectivity index (χ0) is 29.5. The van der Waals surface area contributed by atoms with E-state index in [-0.39, 0.29) is 36.7 Å². The first kappa shape index (κ1) is 29.4. The highest BCUT2D eigenvalue weighted by Crippen LogP contribution is 2.40. The molecule has 3 aromatic rings. The molecule has 2 saturated heterocycles. The number of alkyl halides is 1. The van der Waals surface area contributed by atoms with Crippen molar-refractivity contribution in [2.24, 2.45) is 5.92 Å². The van der Waals surface area contributed by atoms with Crippen LogP contribution in [0.25, 0.3) is 10.8 Å². The zero-order valence-electron chi connectivity index (χ0n) is 24.2. The monoisotopic (exact) mass is 586 g/mol. The molecular weight excluding hydrogens is 547 g/mol. The molecule has 0 saturated carbocycles. The number of pyridine rings is 1. The van der Waals surface area contributed by atoms with E-state index in [1.54, 1.807) is 17.2 Å². The molecule has 222 valence electrons. The van der Waals surface area contributed by atoms with Crippen molar-refractivity contribution in [1.82, 2.24) is 15.0 Å². The van der Waals surface area contributed by atoms with Gasteiger partial charge in [-0.1, -0.05) is 26.8 Å². The van der Waals surface area contributed by atoms with Gasteiger partial charge in [-0.2, -0.15) is 4.98 Å². The van der Waals surface area contributed by atoms with Gasteiger partial charge in [0.1, 0.15) is 39.9 Å². The van der Waals surface area contributed by atoms with E-state index in [0.29, 0.717) is 24.1 Å². The average Bonchev–Trinajstić information content (AvgIpc) is 2.90. The summed E-state index contributed by atoms with van der Waals surface area (Å²) in [6, 6.07) is 8.16. The Morgan fingerprint density at radius 3 is 2.59 bits per heavy atom. The maximum atomic E-state index is 14.6. The van der Waals surface area contributed by atoms with Gasteiger partial charge in [-0.3, -0.25) is 0 Å². The van der Waals surface area contributed by atoms with Gasteiger partial charge in [0.15, 0.2) is 0 Å². The van der Waals surface area contributed by atoms with E-state index >= 15 is 0 Å². The second kappa shape index (κ2) is 11.7. The fourth-order valence-electron chi connectivity index (χ4n) is 6.21. The number of anilines is 4. The molecule has 5 atom stereocenters. The summed E-state index contributed by atoms with van der Waals surface area (Å²) in [5.74, 6) is 2.01. The molecule has 0 aliphatic carbocycles. The van der Waals surface area contributed by atoms with E-state index in [4.69, 9.17) is 9.72 Å². The fourth-order valence-corrected chi connectivity index (χ4v) is 7.31. The first-order chi connectivity index (χ1) is 19.5. The Balaban J connectivity index is 1.41. The number of benzene rings is 1. The fraction of sp³-hybridized carbons (Fsp3) is 0.552. The standard InChI is InChI=1S/C29H39FN6O4S/c1-6-23-18(16-41(5,38)39)13-36(23)24-8-7-19(17(2)3)20-11-27(32-12-21(20)24)33-26-9-10-31-29(34-26)35-14-22(30)28(40-4)25(37)15-35/h7-12,17-18,22-23,25,28,37H,6,13-16H2,1-5H3,(H,31,32,33,34)/t18-,22-,23-,25+,28-/m1/s1. The second-order valence-corrected chi connectivity index (χ2v) is 13.7. The van der Waals surface area contributed by atoms with Gasteiger partial charge in [0.25, 0.3) is 0 Å². The predicted molar refractivity (Wildman–Crippen MR) is 160 cm³/mol. The van der Waals surface area contributed by atoms with Gasteiger partial charge in [0.05, 0.1) is 12.3 Å². The van der Waals surface area contributed by atoms with Crippen LogP contribution in [0.1, 0.15) is 38.7 Å². The number of aliphatic hydroxyl groups excluding tert-OH is 1. The minimum Gasteiger partial charge on any atom is -0.388 e. The molecule has 12 heteroatoms. The van der Waals surface area contributed by atoms with Crippen LogP contribution in [0.15, 0.2) is 36.7 Å². The van der Waals surface area contributed by atoms with E-state index in [2.05, 4.69) is 53.1 Å². The lowest BCUT2D eigenvalue weighted by molar-refractivity contribution is -0.0627. The van der Waals surface area contributed by atoms with E-state index in [9.17, 15) is 17.9 Å². The van der Waals surface area contributed by atoms with Crippen LogP contribution in [0, 0.1) is 5.92 Å². The highest BCUT2D eigenvalue weighted by Gasteiger charge is 2.40. The Morgan fingerprint density at radius 2 is 1.93 bits per heavy atom. The number of β-amino-alcohol motifs (C(OH)–C–C–N with tert-alkyl or cyclic N) is 1.